The molecule has 2 aliphatic heterocycles. The fourth-order valence-corrected chi connectivity index (χ4v) is 4.32. The fourth-order valence-electron chi connectivity index (χ4n) is 4.32. The minimum Gasteiger partial charge on any atom is -0.368 e. The Morgan fingerprint density at radius 3 is 2.73 bits per heavy atom. The van der Waals surface area contributed by atoms with Gasteiger partial charge in [-0.25, -0.2) is 8.78 Å². The lowest BCUT2D eigenvalue weighted by atomic mass is 10.1. The summed E-state index contributed by atoms with van der Waals surface area (Å²) in [6, 6.07) is 9.62. The SMILES string of the molecule is CCN(CC)C1CCN(c2ccc(NC=C3C(=O)Nc4cc(F)ccc43)cc2F)C1. The number of rotatable bonds is 6. The summed E-state index contributed by atoms with van der Waals surface area (Å²) in [4.78, 5) is 16.7. The van der Waals surface area contributed by atoms with Crippen molar-refractivity contribution in [3.63, 3.8) is 0 Å². The van der Waals surface area contributed by atoms with Crippen LogP contribution in [0.3, 0.4) is 0 Å². The molecule has 4 rings (SSSR count). The van der Waals surface area contributed by atoms with E-state index in [1.807, 2.05) is 0 Å². The predicted molar refractivity (Wildman–Crippen MR) is 117 cm³/mol. The van der Waals surface area contributed by atoms with Crippen molar-refractivity contribution in [2.24, 2.45) is 0 Å². The highest BCUT2D eigenvalue weighted by Crippen LogP contribution is 2.33. The molecule has 1 fully saturated rings. The summed E-state index contributed by atoms with van der Waals surface area (Å²) in [5.74, 6) is -1.03. The molecule has 2 aromatic rings. The highest BCUT2D eigenvalue weighted by atomic mass is 19.1. The van der Waals surface area contributed by atoms with Gasteiger partial charge in [0.05, 0.1) is 16.9 Å². The van der Waals surface area contributed by atoms with E-state index in [-0.39, 0.29) is 11.7 Å². The van der Waals surface area contributed by atoms with Crippen molar-refractivity contribution < 1.29 is 13.6 Å². The zero-order valence-corrected chi connectivity index (χ0v) is 17.2. The van der Waals surface area contributed by atoms with Crippen LogP contribution in [0.2, 0.25) is 0 Å². The van der Waals surface area contributed by atoms with Gasteiger partial charge in [-0.2, -0.15) is 0 Å². The van der Waals surface area contributed by atoms with E-state index < -0.39 is 5.82 Å². The van der Waals surface area contributed by atoms with Gasteiger partial charge in [0.15, 0.2) is 0 Å². The number of hydrogen-bond acceptors (Lipinski definition) is 4. The number of benzene rings is 2. The molecule has 0 aliphatic carbocycles. The molecular weight excluding hydrogens is 386 g/mol. The van der Waals surface area contributed by atoms with Gasteiger partial charge < -0.3 is 15.5 Å². The minimum atomic E-state index is -0.411. The van der Waals surface area contributed by atoms with Gasteiger partial charge in [-0.05, 0) is 55.9 Å². The Hall–Kier alpha value is -2.93. The molecule has 158 valence electrons. The number of nitrogens with zero attached hydrogens (tertiary/aromatic N) is 2. The van der Waals surface area contributed by atoms with Crippen molar-refractivity contribution in [1.29, 1.82) is 0 Å². The van der Waals surface area contributed by atoms with Crippen LogP contribution in [0.4, 0.5) is 25.8 Å². The number of carbonyl (C=O) groups is 1. The molecule has 2 heterocycles. The first-order valence-electron chi connectivity index (χ1n) is 10.4. The number of hydrogen-bond donors (Lipinski definition) is 2. The molecule has 5 nitrogen and oxygen atoms in total. The summed E-state index contributed by atoms with van der Waals surface area (Å²) < 4.78 is 28.2. The number of nitrogens with one attached hydrogen (secondary N) is 2. The zero-order valence-electron chi connectivity index (χ0n) is 17.2. The molecule has 30 heavy (non-hydrogen) atoms. The van der Waals surface area contributed by atoms with Crippen LogP contribution in [0.1, 0.15) is 25.8 Å². The van der Waals surface area contributed by atoms with Gasteiger partial charge in [-0.3, -0.25) is 9.69 Å². The molecule has 1 amide bonds. The number of carbonyl (C=O) groups excluding carboxylic acids is 1. The maximum atomic E-state index is 14.8. The van der Waals surface area contributed by atoms with Crippen molar-refractivity contribution >= 4 is 28.5 Å². The van der Waals surface area contributed by atoms with Crippen molar-refractivity contribution in [2.45, 2.75) is 26.3 Å². The average molecular weight is 412 g/mol. The Morgan fingerprint density at radius 1 is 1.20 bits per heavy atom. The second kappa shape index (κ2) is 8.44. The number of likely N-dealkylation sites (N-methyl/N-ethyl adjacent to an activating group) is 1. The summed E-state index contributed by atoms with van der Waals surface area (Å²) in [6.07, 6.45) is 2.56. The van der Waals surface area contributed by atoms with Gasteiger partial charge in [0, 0.05) is 36.6 Å². The van der Waals surface area contributed by atoms with Crippen LogP contribution < -0.4 is 15.5 Å². The standard InChI is InChI=1S/C23H26F2N4O/c1-3-28(4-2)17-9-10-29(14-17)22-8-6-16(12-20(22)25)26-13-19-18-7-5-15(24)11-21(18)27-23(19)30/h5-8,11-13,17,26H,3-4,9-10,14H2,1-2H3,(H,27,30). The number of fused-ring (bicyclic) bond motifs is 1. The van der Waals surface area contributed by atoms with E-state index in [2.05, 4.69) is 34.3 Å². The van der Waals surface area contributed by atoms with Crippen molar-refractivity contribution in [2.75, 3.05) is 41.7 Å². The number of anilines is 3. The summed E-state index contributed by atoms with van der Waals surface area (Å²) in [6.45, 7) is 7.96. The molecule has 1 saturated heterocycles. The van der Waals surface area contributed by atoms with Crippen LogP contribution in [0.15, 0.2) is 42.6 Å². The third-order valence-corrected chi connectivity index (χ3v) is 5.93. The van der Waals surface area contributed by atoms with Gasteiger partial charge in [0.25, 0.3) is 5.91 Å². The van der Waals surface area contributed by atoms with Crippen molar-refractivity contribution in [3.8, 4) is 0 Å². The first-order chi connectivity index (χ1) is 14.5. The number of amides is 1. The third kappa shape index (κ3) is 3.89. The maximum Gasteiger partial charge on any atom is 0.257 e. The van der Waals surface area contributed by atoms with Crippen molar-refractivity contribution in [3.05, 3.63) is 59.8 Å². The fraction of sp³-hybridized carbons (Fsp3) is 0.348. The van der Waals surface area contributed by atoms with Gasteiger partial charge in [0.1, 0.15) is 11.6 Å². The molecule has 0 aromatic heterocycles. The van der Waals surface area contributed by atoms with Crippen LogP contribution in [0.25, 0.3) is 5.57 Å². The molecule has 0 saturated carbocycles. The average Bonchev–Trinajstić information content (AvgIpc) is 3.31. The van der Waals surface area contributed by atoms with E-state index in [0.717, 1.165) is 32.6 Å². The van der Waals surface area contributed by atoms with Gasteiger partial charge in [-0.1, -0.05) is 13.8 Å². The van der Waals surface area contributed by atoms with Gasteiger partial charge >= 0.3 is 0 Å². The predicted octanol–water partition coefficient (Wildman–Crippen LogP) is 4.29. The number of halogens is 2. The first kappa shape index (κ1) is 20.3. The molecule has 2 aliphatic rings. The van der Waals surface area contributed by atoms with E-state index >= 15 is 0 Å². The Morgan fingerprint density at radius 2 is 2.00 bits per heavy atom. The molecule has 1 unspecified atom stereocenters. The Labute approximate surface area is 175 Å². The highest BCUT2D eigenvalue weighted by Gasteiger charge is 2.28. The van der Waals surface area contributed by atoms with Crippen molar-refractivity contribution in [1.82, 2.24) is 4.90 Å². The topological polar surface area (TPSA) is 47.6 Å². The molecular formula is C23H26F2N4O. The molecule has 2 aromatic carbocycles. The van der Waals surface area contributed by atoms with E-state index in [4.69, 9.17) is 0 Å². The van der Waals surface area contributed by atoms with E-state index in [1.54, 1.807) is 18.2 Å². The second-order valence-electron chi connectivity index (χ2n) is 7.62. The van der Waals surface area contributed by atoms with Gasteiger partial charge in [-0.15, -0.1) is 0 Å². The van der Waals surface area contributed by atoms with Gasteiger partial charge in [0.2, 0.25) is 0 Å². The summed E-state index contributed by atoms with van der Waals surface area (Å²) in [5, 5.41) is 5.63. The lowest BCUT2D eigenvalue weighted by Gasteiger charge is -2.26. The van der Waals surface area contributed by atoms with E-state index in [0.29, 0.717) is 34.2 Å². The zero-order chi connectivity index (χ0) is 21.3. The first-order valence-corrected chi connectivity index (χ1v) is 10.4. The molecule has 0 spiro atoms. The third-order valence-electron chi connectivity index (χ3n) is 5.93. The molecule has 0 bridgehead atoms. The smallest absolute Gasteiger partial charge is 0.257 e. The Balaban J connectivity index is 1.47. The maximum absolute atomic E-state index is 14.8. The second-order valence-corrected chi connectivity index (χ2v) is 7.62. The van der Waals surface area contributed by atoms with E-state index in [9.17, 15) is 13.6 Å². The molecule has 7 heteroatoms. The largest absolute Gasteiger partial charge is 0.368 e. The minimum absolute atomic E-state index is 0.294. The lowest BCUT2D eigenvalue weighted by molar-refractivity contribution is -0.110. The van der Waals surface area contributed by atoms with Crippen LogP contribution in [-0.2, 0) is 4.79 Å². The van der Waals surface area contributed by atoms with Crippen LogP contribution in [-0.4, -0.2) is 43.0 Å². The molecule has 1 atom stereocenters. The lowest BCUT2D eigenvalue weighted by Crippen LogP contribution is -2.37. The summed E-state index contributed by atoms with van der Waals surface area (Å²) in [5.41, 5.74) is 2.59. The van der Waals surface area contributed by atoms with E-state index in [1.165, 1.54) is 24.4 Å². The summed E-state index contributed by atoms with van der Waals surface area (Å²) in [7, 11) is 0. The van der Waals surface area contributed by atoms with Crippen LogP contribution >= 0.6 is 0 Å². The van der Waals surface area contributed by atoms with Crippen LogP contribution in [0, 0.1) is 11.6 Å². The Kier molecular flexibility index (Phi) is 5.72. The molecule has 0 radical (unpaired) electrons. The monoisotopic (exact) mass is 412 g/mol. The van der Waals surface area contributed by atoms with Crippen LogP contribution in [0.5, 0.6) is 0 Å². The summed E-state index contributed by atoms with van der Waals surface area (Å²) >= 11 is 0. The Bertz CT molecular complexity index is 987. The normalized spacial score (nSPS) is 19.5. The quantitative estimate of drug-likeness (QED) is 0.695. The highest BCUT2D eigenvalue weighted by molar-refractivity contribution is 6.31. The molecule has 2 N–H and O–H groups in total.